The number of benzene rings is 1. The van der Waals surface area contributed by atoms with Gasteiger partial charge in [-0.05, 0) is 49.3 Å². The van der Waals surface area contributed by atoms with Gasteiger partial charge in [-0.25, -0.2) is 8.42 Å². The van der Waals surface area contributed by atoms with Crippen LogP contribution in [0.15, 0.2) is 24.3 Å². The van der Waals surface area contributed by atoms with Crippen LogP contribution in [0.3, 0.4) is 0 Å². The van der Waals surface area contributed by atoms with E-state index in [1.54, 1.807) is 24.3 Å². The number of sulfonamides is 1. The average molecular weight is 353 g/mol. The predicted octanol–water partition coefficient (Wildman–Crippen LogP) is 3.17. The van der Waals surface area contributed by atoms with Crippen LogP contribution in [0, 0.1) is 5.41 Å². The van der Waals surface area contributed by atoms with Crippen molar-refractivity contribution in [1.29, 1.82) is 0 Å². The number of amides is 1. The molecule has 0 atom stereocenters. The fourth-order valence-corrected chi connectivity index (χ4v) is 4.44. The summed E-state index contributed by atoms with van der Waals surface area (Å²) < 4.78 is 25.8. The van der Waals surface area contributed by atoms with Gasteiger partial charge in [-0.3, -0.25) is 9.10 Å². The zero-order valence-electron chi connectivity index (χ0n) is 14.8. The lowest BCUT2D eigenvalue weighted by molar-refractivity contribution is 0.0951. The Balaban J connectivity index is 2.00. The topological polar surface area (TPSA) is 66.5 Å². The van der Waals surface area contributed by atoms with E-state index in [4.69, 9.17) is 0 Å². The van der Waals surface area contributed by atoms with Gasteiger partial charge in [-0.15, -0.1) is 0 Å². The maximum atomic E-state index is 12.3. The van der Waals surface area contributed by atoms with Crippen molar-refractivity contribution < 1.29 is 13.2 Å². The highest BCUT2D eigenvalue weighted by molar-refractivity contribution is 7.92. The Morgan fingerprint density at radius 3 is 2.67 bits per heavy atom. The first kappa shape index (κ1) is 18.8. The molecule has 0 unspecified atom stereocenters. The monoisotopic (exact) mass is 352 g/mol. The quantitative estimate of drug-likeness (QED) is 0.828. The van der Waals surface area contributed by atoms with Crippen LogP contribution in [0.4, 0.5) is 5.69 Å². The molecular formula is C18H28N2O3S. The Morgan fingerprint density at radius 1 is 1.25 bits per heavy atom. The van der Waals surface area contributed by atoms with Crippen LogP contribution >= 0.6 is 0 Å². The zero-order valence-corrected chi connectivity index (χ0v) is 15.7. The van der Waals surface area contributed by atoms with Crippen LogP contribution in [0.1, 0.15) is 56.8 Å². The first-order valence-electron chi connectivity index (χ1n) is 8.58. The summed E-state index contributed by atoms with van der Waals surface area (Å²) >= 11 is 0. The molecule has 1 amide bonds. The van der Waals surface area contributed by atoms with Crippen molar-refractivity contribution in [2.75, 3.05) is 23.1 Å². The molecule has 2 rings (SSSR count). The number of hydrogen-bond acceptors (Lipinski definition) is 3. The highest BCUT2D eigenvalue weighted by atomic mass is 32.2. The Kier molecular flexibility index (Phi) is 5.91. The van der Waals surface area contributed by atoms with Gasteiger partial charge in [0.25, 0.3) is 5.91 Å². The minimum Gasteiger partial charge on any atom is -0.352 e. The van der Waals surface area contributed by atoms with Gasteiger partial charge in [0, 0.05) is 18.7 Å². The number of anilines is 1. The SMILES string of the molecule is CC(C)(C)CCCNC(=O)c1cccc(N2CCCCS2(=O)=O)c1. The highest BCUT2D eigenvalue weighted by Crippen LogP contribution is 2.24. The van der Waals surface area contributed by atoms with E-state index in [0.717, 1.165) is 19.3 Å². The molecule has 0 aliphatic carbocycles. The van der Waals surface area contributed by atoms with Gasteiger partial charge in [0.05, 0.1) is 11.4 Å². The predicted molar refractivity (Wildman–Crippen MR) is 97.8 cm³/mol. The lowest BCUT2D eigenvalue weighted by atomic mass is 9.91. The molecule has 1 saturated heterocycles. The first-order chi connectivity index (χ1) is 11.2. The van der Waals surface area contributed by atoms with Crippen molar-refractivity contribution in [1.82, 2.24) is 5.32 Å². The second-order valence-electron chi connectivity index (χ2n) is 7.57. The summed E-state index contributed by atoms with van der Waals surface area (Å²) in [5, 5.41) is 2.92. The molecule has 0 bridgehead atoms. The van der Waals surface area contributed by atoms with Crippen molar-refractivity contribution in [3.8, 4) is 0 Å². The minimum absolute atomic E-state index is 0.153. The number of carbonyl (C=O) groups excluding carboxylic acids is 1. The molecule has 1 aliphatic rings. The third-order valence-corrected chi connectivity index (χ3v) is 6.00. The van der Waals surface area contributed by atoms with Crippen molar-refractivity contribution in [2.45, 2.75) is 46.5 Å². The summed E-state index contributed by atoms with van der Waals surface area (Å²) in [5.74, 6) is 0.0242. The molecule has 0 radical (unpaired) electrons. The van der Waals surface area contributed by atoms with Crippen molar-refractivity contribution in [3.63, 3.8) is 0 Å². The van der Waals surface area contributed by atoms with E-state index in [1.165, 1.54) is 4.31 Å². The summed E-state index contributed by atoms with van der Waals surface area (Å²) in [6.07, 6.45) is 3.52. The van der Waals surface area contributed by atoms with E-state index in [9.17, 15) is 13.2 Å². The molecule has 1 N–H and O–H groups in total. The van der Waals surface area contributed by atoms with Gasteiger partial charge in [-0.2, -0.15) is 0 Å². The Hall–Kier alpha value is -1.56. The van der Waals surface area contributed by atoms with Crippen LogP contribution in [-0.2, 0) is 10.0 Å². The normalized spacial score (nSPS) is 17.5. The number of nitrogens with one attached hydrogen (secondary N) is 1. The molecule has 1 aromatic rings. The number of hydrogen-bond donors (Lipinski definition) is 1. The summed E-state index contributed by atoms with van der Waals surface area (Å²) in [7, 11) is -3.25. The van der Waals surface area contributed by atoms with Crippen LogP contribution in [-0.4, -0.2) is 33.2 Å². The second kappa shape index (κ2) is 7.55. The van der Waals surface area contributed by atoms with E-state index in [2.05, 4.69) is 26.1 Å². The fourth-order valence-electron chi connectivity index (χ4n) is 2.80. The average Bonchev–Trinajstić information content (AvgIpc) is 2.50. The number of carbonyl (C=O) groups is 1. The van der Waals surface area contributed by atoms with E-state index in [1.807, 2.05) is 0 Å². The molecule has 1 aromatic carbocycles. The van der Waals surface area contributed by atoms with Gasteiger partial charge < -0.3 is 5.32 Å². The molecule has 0 aromatic heterocycles. The summed E-state index contributed by atoms with van der Waals surface area (Å²) in [4.78, 5) is 12.3. The summed E-state index contributed by atoms with van der Waals surface area (Å²) in [6.45, 7) is 7.65. The van der Waals surface area contributed by atoms with E-state index in [0.29, 0.717) is 30.8 Å². The van der Waals surface area contributed by atoms with Gasteiger partial charge >= 0.3 is 0 Å². The second-order valence-corrected chi connectivity index (χ2v) is 9.58. The highest BCUT2D eigenvalue weighted by Gasteiger charge is 2.26. The first-order valence-corrected chi connectivity index (χ1v) is 10.2. The van der Waals surface area contributed by atoms with Crippen LogP contribution in [0.25, 0.3) is 0 Å². The van der Waals surface area contributed by atoms with Gasteiger partial charge in [-0.1, -0.05) is 26.8 Å². The molecule has 0 spiro atoms. The molecule has 134 valence electrons. The molecule has 1 aliphatic heterocycles. The number of rotatable bonds is 5. The smallest absolute Gasteiger partial charge is 0.251 e. The van der Waals surface area contributed by atoms with Crippen LogP contribution in [0.2, 0.25) is 0 Å². The van der Waals surface area contributed by atoms with Crippen molar-refractivity contribution >= 4 is 21.6 Å². The molecule has 1 fully saturated rings. The van der Waals surface area contributed by atoms with Crippen LogP contribution < -0.4 is 9.62 Å². The van der Waals surface area contributed by atoms with E-state index >= 15 is 0 Å². The molecule has 0 saturated carbocycles. The lowest BCUT2D eigenvalue weighted by Crippen LogP contribution is -2.38. The summed E-state index contributed by atoms with van der Waals surface area (Å²) in [6, 6.07) is 6.88. The molecule has 6 heteroatoms. The molecule has 5 nitrogen and oxygen atoms in total. The fraction of sp³-hybridized carbons (Fsp3) is 0.611. The number of nitrogens with zero attached hydrogens (tertiary/aromatic N) is 1. The Morgan fingerprint density at radius 2 is 2.00 bits per heavy atom. The maximum absolute atomic E-state index is 12.3. The minimum atomic E-state index is -3.25. The van der Waals surface area contributed by atoms with Crippen LogP contribution in [0.5, 0.6) is 0 Å². The third-order valence-electron chi connectivity index (χ3n) is 4.13. The van der Waals surface area contributed by atoms with Gasteiger partial charge in [0.15, 0.2) is 0 Å². The van der Waals surface area contributed by atoms with Crippen molar-refractivity contribution in [2.24, 2.45) is 5.41 Å². The Bertz CT molecular complexity index is 678. The Labute approximate surface area is 145 Å². The lowest BCUT2D eigenvalue weighted by Gasteiger charge is -2.28. The summed E-state index contributed by atoms with van der Waals surface area (Å²) in [5.41, 5.74) is 1.34. The zero-order chi connectivity index (χ0) is 17.8. The van der Waals surface area contributed by atoms with E-state index in [-0.39, 0.29) is 17.1 Å². The van der Waals surface area contributed by atoms with E-state index < -0.39 is 10.0 Å². The molecule has 1 heterocycles. The third kappa shape index (κ3) is 5.23. The maximum Gasteiger partial charge on any atom is 0.251 e. The molecule has 24 heavy (non-hydrogen) atoms. The van der Waals surface area contributed by atoms with Gasteiger partial charge in [0.1, 0.15) is 0 Å². The standard InChI is InChI=1S/C18H28N2O3S/c1-18(2,3)10-7-11-19-17(21)15-8-6-9-16(14-15)20-12-4-5-13-24(20,22)23/h6,8-9,14H,4-5,7,10-13H2,1-3H3,(H,19,21). The van der Waals surface area contributed by atoms with Gasteiger partial charge in [0.2, 0.25) is 10.0 Å². The largest absolute Gasteiger partial charge is 0.352 e. The van der Waals surface area contributed by atoms with Crippen molar-refractivity contribution in [3.05, 3.63) is 29.8 Å². The molecular weight excluding hydrogens is 324 g/mol.